The minimum atomic E-state index is -1.95. The van der Waals surface area contributed by atoms with Crippen LogP contribution in [-0.4, -0.2) is 33.6 Å². The number of nitrogens with one attached hydrogen (secondary N) is 1. The maximum Gasteiger partial charge on any atom is 0.335 e. The molecule has 2 aliphatic rings. The fourth-order valence-electron chi connectivity index (χ4n) is 3.64. The first-order valence-electron chi connectivity index (χ1n) is 8.30. The normalized spacial score (nSPS) is 20.8. The number of carbonyl (C=O) groups is 4. The molecule has 5 amide bonds. The minimum absolute atomic E-state index is 0.118. The number of benzene rings is 2. The zero-order valence-electron chi connectivity index (χ0n) is 14.5. The van der Waals surface area contributed by atoms with Crippen molar-refractivity contribution in [3.05, 3.63) is 63.6 Å². The van der Waals surface area contributed by atoms with Crippen LogP contribution in [0.1, 0.15) is 18.1 Å². The molecule has 0 saturated carbocycles. The van der Waals surface area contributed by atoms with Crippen LogP contribution >= 0.6 is 23.2 Å². The van der Waals surface area contributed by atoms with Crippen molar-refractivity contribution >= 4 is 52.6 Å². The van der Waals surface area contributed by atoms with E-state index in [9.17, 15) is 19.2 Å². The number of hydrogen-bond donors (Lipinski definition) is 1. The maximum atomic E-state index is 13.2. The van der Waals surface area contributed by atoms with Crippen LogP contribution in [-0.2, 0) is 26.5 Å². The van der Waals surface area contributed by atoms with Gasteiger partial charge in [-0.3, -0.25) is 19.3 Å². The molecule has 0 radical (unpaired) electrons. The van der Waals surface area contributed by atoms with Gasteiger partial charge >= 0.3 is 6.03 Å². The molecular weight excluding hydrogens is 405 g/mol. The van der Waals surface area contributed by atoms with Crippen LogP contribution in [0.3, 0.4) is 0 Å². The average molecular weight is 418 g/mol. The van der Waals surface area contributed by atoms with Crippen molar-refractivity contribution in [2.24, 2.45) is 0 Å². The molecule has 2 aromatic rings. The zero-order chi connectivity index (χ0) is 20.2. The molecule has 1 N–H and O–H groups in total. The van der Waals surface area contributed by atoms with Crippen molar-refractivity contribution in [3.63, 3.8) is 0 Å². The van der Waals surface area contributed by atoms with E-state index in [1.807, 2.05) is 0 Å². The summed E-state index contributed by atoms with van der Waals surface area (Å²) in [6.07, 6.45) is 0. The van der Waals surface area contributed by atoms with E-state index in [1.165, 1.54) is 0 Å². The monoisotopic (exact) mass is 417 g/mol. The lowest BCUT2D eigenvalue weighted by atomic mass is 9.89. The van der Waals surface area contributed by atoms with Gasteiger partial charge in [-0.25, -0.2) is 4.79 Å². The van der Waals surface area contributed by atoms with Crippen molar-refractivity contribution < 1.29 is 19.2 Å². The first-order valence-corrected chi connectivity index (χ1v) is 9.05. The number of hydrogen-bond acceptors (Lipinski definition) is 4. The number of urea groups is 1. The van der Waals surface area contributed by atoms with Gasteiger partial charge in [0.1, 0.15) is 0 Å². The number of anilines is 1. The van der Waals surface area contributed by atoms with Crippen molar-refractivity contribution in [1.82, 2.24) is 9.80 Å². The lowest BCUT2D eigenvalue weighted by Crippen LogP contribution is -2.51. The molecule has 142 valence electrons. The molecule has 1 saturated heterocycles. The lowest BCUT2D eigenvalue weighted by molar-refractivity contribution is -0.145. The molecular formula is C19H13Cl2N3O4. The molecule has 4 rings (SSSR count). The lowest BCUT2D eigenvalue weighted by Gasteiger charge is -2.29. The fourth-order valence-corrected chi connectivity index (χ4v) is 3.96. The Morgan fingerprint density at radius 3 is 2.46 bits per heavy atom. The summed E-state index contributed by atoms with van der Waals surface area (Å²) in [4.78, 5) is 52.8. The number of nitrogens with zero attached hydrogens (tertiary/aromatic N) is 2. The molecule has 2 aliphatic heterocycles. The molecule has 0 aromatic heterocycles. The average Bonchev–Trinajstić information content (AvgIpc) is 3.05. The standard InChI is InChI=1S/C19H13Cl2N3O4/c1-10(25)24-17(27)19(12-4-2-3-5-15(12)22-16(19)26)23(18(24)28)9-11-6-7-13(20)14(21)8-11/h2-8H,9H2,1H3,(H,22,26)/t19-/m1/s1. The van der Waals surface area contributed by atoms with Gasteiger partial charge in [-0.15, -0.1) is 0 Å². The first kappa shape index (κ1) is 18.5. The summed E-state index contributed by atoms with van der Waals surface area (Å²) in [5, 5.41) is 3.24. The van der Waals surface area contributed by atoms with Gasteiger partial charge in [0.15, 0.2) is 0 Å². The summed E-state index contributed by atoms with van der Waals surface area (Å²) in [6.45, 7) is 0.984. The third-order valence-electron chi connectivity index (χ3n) is 4.87. The van der Waals surface area contributed by atoms with Gasteiger partial charge in [0.2, 0.25) is 11.4 Å². The minimum Gasteiger partial charge on any atom is -0.323 e. The van der Waals surface area contributed by atoms with Gasteiger partial charge in [-0.2, -0.15) is 4.90 Å². The largest absolute Gasteiger partial charge is 0.335 e. The Morgan fingerprint density at radius 1 is 1.07 bits per heavy atom. The molecule has 0 unspecified atom stereocenters. The van der Waals surface area contributed by atoms with Crippen LogP contribution < -0.4 is 5.32 Å². The van der Waals surface area contributed by atoms with Gasteiger partial charge in [0.05, 0.1) is 10.0 Å². The van der Waals surface area contributed by atoms with Crippen molar-refractivity contribution in [2.75, 3.05) is 5.32 Å². The molecule has 2 heterocycles. The van der Waals surface area contributed by atoms with E-state index in [0.717, 1.165) is 11.8 Å². The number of fused-ring (bicyclic) bond motifs is 2. The van der Waals surface area contributed by atoms with Gasteiger partial charge in [0, 0.05) is 24.7 Å². The number of carbonyl (C=O) groups excluding carboxylic acids is 4. The molecule has 9 heteroatoms. The number of imide groups is 3. The van der Waals surface area contributed by atoms with E-state index in [0.29, 0.717) is 26.7 Å². The summed E-state index contributed by atoms with van der Waals surface area (Å²) in [5.74, 6) is -2.34. The van der Waals surface area contributed by atoms with Gasteiger partial charge in [-0.05, 0) is 23.8 Å². The Labute approximate surface area is 169 Å². The fraction of sp³-hybridized carbons (Fsp3) is 0.158. The Balaban J connectivity index is 1.90. The highest BCUT2D eigenvalue weighted by atomic mass is 35.5. The quantitative estimate of drug-likeness (QED) is 0.600. The van der Waals surface area contributed by atoms with E-state index in [4.69, 9.17) is 23.2 Å². The molecule has 2 aromatic carbocycles. The van der Waals surface area contributed by atoms with E-state index in [1.54, 1.807) is 42.5 Å². The molecule has 1 spiro atoms. The van der Waals surface area contributed by atoms with Crippen molar-refractivity contribution in [3.8, 4) is 0 Å². The Hall–Kier alpha value is -2.90. The Kier molecular flexibility index (Phi) is 4.17. The second-order valence-corrected chi connectivity index (χ2v) is 7.30. The van der Waals surface area contributed by atoms with Crippen molar-refractivity contribution in [2.45, 2.75) is 19.0 Å². The van der Waals surface area contributed by atoms with Crippen LogP contribution in [0.25, 0.3) is 0 Å². The second-order valence-electron chi connectivity index (χ2n) is 6.49. The van der Waals surface area contributed by atoms with Crippen molar-refractivity contribution in [1.29, 1.82) is 0 Å². The third kappa shape index (κ3) is 2.36. The molecule has 28 heavy (non-hydrogen) atoms. The van der Waals surface area contributed by atoms with Gasteiger partial charge in [0.25, 0.3) is 11.8 Å². The maximum absolute atomic E-state index is 13.2. The van der Waals surface area contributed by atoms with E-state index < -0.39 is 29.3 Å². The van der Waals surface area contributed by atoms with Crippen LogP contribution in [0.15, 0.2) is 42.5 Å². The first-order chi connectivity index (χ1) is 13.3. The predicted molar refractivity (Wildman–Crippen MR) is 102 cm³/mol. The number of rotatable bonds is 2. The highest BCUT2D eigenvalue weighted by Gasteiger charge is 2.67. The second kappa shape index (κ2) is 6.32. The molecule has 1 atom stereocenters. The zero-order valence-corrected chi connectivity index (χ0v) is 16.0. The van der Waals surface area contributed by atoms with Crippen LogP contribution in [0.4, 0.5) is 10.5 Å². The Bertz CT molecular complexity index is 1070. The van der Waals surface area contributed by atoms with Crippen LogP contribution in [0, 0.1) is 0 Å². The van der Waals surface area contributed by atoms with E-state index in [2.05, 4.69) is 5.32 Å². The molecule has 1 fully saturated rings. The number of halogens is 2. The van der Waals surface area contributed by atoms with Gasteiger partial charge in [-0.1, -0.05) is 47.5 Å². The highest BCUT2D eigenvalue weighted by Crippen LogP contribution is 2.46. The summed E-state index contributed by atoms with van der Waals surface area (Å²) in [6, 6.07) is 10.4. The SMILES string of the molecule is CC(=O)N1C(=O)N(Cc2ccc(Cl)c(Cl)c2)[C@]2(C(=O)Nc3ccccc32)C1=O. The van der Waals surface area contributed by atoms with Crippen LogP contribution in [0.2, 0.25) is 10.0 Å². The topological polar surface area (TPSA) is 86.8 Å². The van der Waals surface area contributed by atoms with Gasteiger partial charge < -0.3 is 5.32 Å². The van der Waals surface area contributed by atoms with E-state index >= 15 is 0 Å². The summed E-state index contributed by atoms with van der Waals surface area (Å²) < 4.78 is 0. The van der Waals surface area contributed by atoms with E-state index in [-0.39, 0.29) is 11.6 Å². The summed E-state index contributed by atoms with van der Waals surface area (Å²) in [7, 11) is 0. The predicted octanol–water partition coefficient (Wildman–Crippen LogP) is 3.15. The Morgan fingerprint density at radius 2 is 1.79 bits per heavy atom. The highest BCUT2D eigenvalue weighted by molar-refractivity contribution is 6.42. The van der Waals surface area contributed by atoms with Crippen LogP contribution in [0.5, 0.6) is 0 Å². The number of para-hydroxylation sites is 1. The molecule has 0 aliphatic carbocycles. The third-order valence-corrected chi connectivity index (χ3v) is 5.61. The summed E-state index contributed by atoms with van der Waals surface area (Å²) >= 11 is 12.0. The smallest absolute Gasteiger partial charge is 0.323 e. The molecule has 0 bridgehead atoms. The summed E-state index contributed by atoms with van der Waals surface area (Å²) in [5.41, 5.74) is -0.663. The molecule has 7 nitrogen and oxygen atoms in total. The number of amides is 5.